The summed E-state index contributed by atoms with van der Waals surface area (Å²) in [7, 11) is 1.63. The molecule has 4 rings (SSSR count). The molecule has 1 aliphatic carbocycles. The highest BCUT2D eigenvalue weighted by Gasteiger charge is 2.30. The molecular weight excluding hydrogens is 440 g/mol. The van der Waals surface area contributed by atoms with E-state index in [9.17, 15) is 9.59 Å². The summed E-state index contributed by atoms with van der Waals surface area (Å²) in [6, 6.07) is 15.6. The van der Waals surface area contributed by atoms with Crippen molar-refractivity contribution in [2.24, 2.45) is 5.92 Å². The number of nitrogens with one attached hydrogen (secondary N) is 1. The highest BCUT2D eigenvalue weighted by molar-refractivity contribution is 5.94. The second-order valence-corrected chi connectivity index (χ2v) is 9.47. The average Bonchev–Trinajstić information content (AvgIpc) is 3.53. The Hall–Kier alpha value is -3.61. The molecule has 0 unspecified atom stereocenters. The van der Waals surface area contributed by atoms with Gasteiger partial charge in [-0.15, -0.1) is 0 Å². The number of aryl methyl sites for hydroxylation is 1. The summed E-state index contributed by atoms with van der Waals surface area (Å²) in [6.07, 6.45) is 5.89. The van der Waals surface area contributed by atoms with Gasteiger partial charge in [-0.2, -0.15) is 0 Å². The molecule has 7 nitrogen and oxygen atoms in total. The monoisotopic (exact) mass is 474 g/mol. The Kier molecular flexibility index (Phi) is 7.54. The number of hydrogen-bond donors (Lipinski definition) is 1. The predicted molar refractivity (Wildman–Crippen MR) is 138 cm³/mol. The van der Waals surface area contributed by atoms with E-state index < -0.39 is 0 Å². The van der Waals surface area contributed by atoms with Gasteiger partial charge in [0.25, 0.3) is 0 Å². The normalized spacial score (nSPS) is 13.7. The molecule has 0 saturated heterocycles. The summed E-state index contributed by atoms with van der Waals surface area (Å²) in [4.78, 5) is 32.6. The van der Waals surface area contributed by atoms with Crippen molar-refractivity contribution in [1.29, 1.82) is 0 Å². The van der Waals surface area contributed by atoms with Crippen molar-refractivity contribution in [3.8, 4) is 22.7 Å². The molecule has 0 aliphatic heterocycles. The summed E-state index contributed by atoms with van der Waals surface area (Å²) >= 11 is 0. The van der Waals surface area contributed by atoms with Gasteiger partial charge in [0.1, 0.15) is 12.3 Å². The lowest BCUT2D eigenvalue weighted by molar-refractivity contribution is -0.140. The number of nitrogens with zero attached hydrogens (tertiary/aromatic N) is 3. The van der Waals surface area contributed by atoms with Crippen molar-refractivity contribution < 1.29 is 14.3 Å². The molecule has 1 N–H and O–H groups in total. The van der Waals surface area contributed by atoms with Crippen LogP contribution in [0, 0.1) is 12.8 Å². The van der Waals surface area contributed by atoms with Gasteiger partial charge in [0.05, 0.1) is 12.8 Å². The van der Waals surface area contributed by atoms with Gasteiger partial charge in [0.2, 0.25) is 17.8 Å². The zero-order valence-corrected chi connectivity index (χ0v) is 21.0. The van der Waals surface area contributed by atoms with E-state index in [1.807, 2.05) is 80.1 Å². The summed E-state index contributed by atoms with van der Waals surface area (Å²) < 4.78 is 7.14. The Morgan fingerprint density at radius 2 is 1.74 bits per heavy atom. The SMILES string of the molecule is COc1ccc(-c2cn(-c3ccc(C)cc3)c(NC(=O)CN(C(=O)C3CCCC3)C(C)C)n2)cc1. The lowest BCUT2D eigenvalue weighted by Gasteiger charge is -2.28. The second kappa shape index (κ2) is 10.8. The molecule has 1 fully saturated rings. The maximum absolute atomic E-state index is 13.1. The van der Waals surface area contributed by atoms with E-state index in [1.165, 1.54) is 0 Å². The second-order valence-electron chi connectivity index (χ2n) is 9.47. The quantitative estimate of drug-likeness (QED) is 0.486. The maximum atomic E-state index is 13.1. The first-order valence-corrected chi connectivity index (χ1v) is 12.3. The van der Waals surface area contributed by atoms with Gasteiger partial charge < -0.3 is 9.64 Å². The summed E-state index contributed by atoms with van der Waals surface area (Å²) in [5.74, 6) is 1.03. The zero-order chi connectivity index (χ0) is 24.9. The van der Waals surface area contributed by atoms with E-state index >= 15 is 0 Å². The third-order valence-corrected chi connectivity index (χ3v) is 6.58. The minimum absolute atomic E-state index is 0.00558. The molecule has 2 aromatic carbocycles. The van der Waals surface area contributed by atoms with Gasteiger partial charge in [0.15, 0.2) is 0 Å². The van der Waals surface area contributed by atoms with Crippen LogP contribution in [0.3, 0.4) is 0 Å². The summed E-state index contributed by atoms with van der Waals surface area (Å²) in [5, 5.41) is 2.96. The molecule has 0 bridgehead atoms. The highest BCUT2D eigenvalue weighted by atomic mass is 16.5. The minimum atomic E-state index is -0.259. The van der Waals surface area contributed by atoms with Crippen molar-refractivity contribution in [2.75, 3.05) is 19.0 Å². The molecular formula is C28H34N4O3. The maximum Gasteiger partial charge on any atom is 0.246 e. The Morgan fingerprint density at radius 1 is 1.09 bits per heavy atom. The molecule has 0 atom stereocenters. The number of ether oxygens (including phenoxy) is 1. The van der Waals surface area contributed by atoms with Gasteiger partial charge in [-0.05, 0) is 70.0 Å². The lowest BCUT2D eigenvalue weighted by atomic mass is 10.1. The van der Waals surface area contributed by atoms with Crippen LogP contribution >= 0.6 is 0 Å². The fourth-order valence-corrected chi connectivity index (χ4v) is 4.51. The van der Waals surface area contributed by atoms with Gasteiger partial charge in [-0.1, -0.05) is 30.5 Å². The number of amides is 2. The number of anilines is 1. The standard InChI is InChI=1S/C28H34N4O3/c1-19(2)31(27(34)22-7-5-6-8-22)18-26(33)30-28-29-25(21-11-15-24(35-4)16-12-21)17-32(28)23-13-9-20(3)10-14-23/h9-17,19,22H,5-8,18H2,1-4H3,(H,29,30,33). The fourth-order valence-electron chi connectivity index (χ4n) is 4.51. The number of carbonyl (C=O) groups excluding carboxylic acids is 2. The third-order valence-electron chi connectivity index (χ3n) is 6.58. The lowest BCUT2D eigenvalue weighted by Crippen LogP contribution is -2.45. The number of hydrogen-bond acceptors (Lipinski definition) is 4. The van der Waals surface area contributed by atoms with Crippen LogP contribution in [0.25, 0.3) is 16.9 Å². The third kappa shape index (κ3) is 5.73. The first kappa shape index (κ1) is 24.5. The van der Waals surface area contributed by atoms with Crippen molar-refractivity contribution in [1.82, 2.24) is 14.5 Å². The Bertz CT molecular complexity index is 1160. The molecule has 0 spiro atoms. The van der Waals surface area contributed by atoms with Crippen LogP contribution in [0.1, 0.15) is 45.1 Å². The number of rotatable bonds is 8. The van der Waals surface area contributed by atoms with E-state index in [2.05, 4.69) is 5.32 Å². The molecule has 1 aromatic heterocycles. The van der Waals surface area contributed by atoms with Crippen LogP contribution in [-0.2, 0) is 9.59 Å². The predicted octanol–water partition coefficient (Wildman–Crippen LogP) is 5.22. The van der Waals surface area contributed by atoms with Crippen molar-refractivity contribution in [3.05, 3.63) is 60.3 Å². The van der Waals surface area contributed by atoms with Gasteiger partial charge in [-0.3, -0.25) is 19.5 Å². The van der Waals surface area contributed by atoms with E-state index in [0.717, 1.165) is 53.9 Å². The number of methoxy groups -OCH3 is 1. The van der Waals surface area contributed by atoms with E-state index in [1.54, 1.807) is 12.0 Å². The Labute approximate surface area is 207 Å². The van der Waals surface area contributed by atoms with Crippen LogP contribution < -0.4 is 10.1 Å². The van der Waals surface area contributed by atoms with Crippen LogP contribution in [0.4, 0.5) is 5.95 Å². The van der Waals surface area contributed by atoms with Gasteiger partial charge in [0, 0.05) is 29.4 Å². The van der Waals surface area contributed by atoms with Gasteiger partial charge >= 0.3 is 0 Å². The fraction of sp³-hybridized carbons (Fsp3) is 0.393. The molecule has 1 saturated carbocycles. The van der Waals surface area contributed by atoms with Crippen LogP contribution in [0.15, 0.2) is 54.7 Å². The Balaban J connectivity index is 1.60. The topological polar surface area (TPSA) is 76.5 Å². The molecule has 3 aromatic rings. The average molecular weight is 475 g/mol. The van der Waals surface area contributed by atoms with Crippen LogP contribution in [0.2, 0.25) is 0 Å². The number of benzene rings is 2. The first-order chi connectivity index (χ1) is 16.9. The van der Waals surface area contributed by atoms with E-state index in [-0.39, 0.29) is 30.3 Å². The first-order valence-electron chi connectivity index (χ1n) is 12.3. The van der Waals surface area contributed by atoms with Crippen LogP contribution in [-0.4, -0.2) is 46.0 Å². The minimum Gasteiger partial charge on any atom is -0.497 e. The largest absolute Gasteiger partial charge is 0.497 e. The molecule has 35 heavy (non-hydrogen) atoms. The molecule has 1 aliphatic rings. The summed E-state index contributed by atoms with van der Waals surface area (Å²) in [6.45, 7) is 5.95. The summed E-state index contributed by atoms with van der Waals surface area (Å²) in [5.41, 5.74) is 3.67. The molecule has 7 heteroatoms. The van der Waals surface area contributed by atoms with Gasteiger partial charge in [-0.25, -0.2) is 4.98 Å². The number of carbonyl (C=O) groups is 2. The van der Waals surface area contributed by atoms with Crippen molar-refractivity contribution >= 4 is 17.8 Å². The highest BCUT2D eigenvalue weighted by Crippen LogP contribution is 2.28. The van der Waals surface area contributed by atoms with Crippen molar-refractivity contribution in [2.45, 2.75) is 52.5 Å². The Morgan fingerprint density at radius 3 is 2.34 bits per heavy atom. The van der Waals surface area contributed by atoms with E-state index in [0.29, 0.717) is 5.95 Å². The van der Waals surface area contributed by atoms with Crippen molar-refractivity contribution in [3.63, 3.8) is 0 Å². The van der Waals surface area contributed by atoms with Crippen LogP contribution in [0.5, 0.6) is 5.75 Å². The number of aromatic nitrogens is 2. The van der Waals surface area contributed by atoms with E-state index in [4.69, 9.17) is 9.72 Å². The molecule has 2 amide bonds. The molecule has 184 valence electrons. The number of imidazole rings is 1. The zero-order valence-electron chi connectivity index (χ0n) is 21.0. The molecule has 0 radical (unpaired) electrons. The smallest absolute Gasteiger partial charge is 0.246 e. The molecule has 1 heterocycles.